The lowest BCUT2D eigenvalue weighted by molar-refractivity contribution is -0.140. The molecule has 0 aliphatic heterocycles. The van der Waals surface area contributed by atoms with E-state index in [0.29, 0.717) is 40.0 Å². The highest BCUT2D eigenvalue weighted by Gasteiger charge is 2.27. The van der Waals surface area contributed by atoms with E-state index >= 15 is 0 Å². The number of benzene rings is 2. The van der Waals surface area contributed by atoms with Crippen molar-refractivity contribution in [1.29, 1.82) is 0 Å². The Morgan fingerprint density at radius 2 is 1.69 bits per heavy atom. The molecule has 32 heavy (non-hydrogen) atoms. The monoisotopic (exact) mass is 514 g/mol. The van der Waals surface area contributed by atoms with Gasteiger partial charge in [-0.15, -0.1) is 11.8 Å². The Morgan fingerprint density at radius 3 is 2.31 bits per heavy atom. The van der Waals surface area contributed by atoms with Crippen molar-refractivity contribution < 1.29 is 9.59 Å². The standard InChI is InChI=1S/C24H29Cl3N2O2S/c1-3-4-14-28-24(31)17(2)29(16-20-21(26)7-5-8-22(20)27)23(30)9-6-15-32-19-12-10-18(25)11-13-19/h5,7-8,10-13,17H,3-4,6,9,14-16H2,1-2H3,(H,28,31). The number of halogens is 3. The number of hydrogen-bond donors (Lipinski definition) is 1. The van der Waals surface area contributed by atoms with Gasteiger partial charge in [-0.25, -0.2) is 0 Å². The van der Waals surface area contributed by atoms with Crippen LogP contribution in [0.1, 0.15) is 45.1 Å². The van der Waals surface area contributed by atoms with Crippen molar-refractivity contribution in [1.82, 2.24) is 10.2 Å². The molecule has 2 rings (SSSR count). The van der Waals surface area contributed by atoms with Crippen molar-refractivity contribution in [3.05, 3.63) is 63.1 Å². The third kappa shape index (κ3) is 8.51. The first-order chi connectivity index (χ1) is 15.3. The molecule has 174 valence electrons. The molecule has 0 aliphatic rings. The highest BCUT2D eigenvalue weighted by Crippen LogP contribution is 2.27. The maximum Gasteiger partial charge on any atom is 0.242 e. The number of hydrogen-bond acceptors (Lipinski definition) is 3. The second-order valence-corrected chi connectivity index (χ2v) is 9.87. The SMILES string of the molecule is CCCCNC(=O)C(C)N(Cc1c(Cl)cccc1Cl)C(=O)CCCSc1ccc(Cl)cc1. The molecular formula is C24H29Cl3N2O2S. The van der Waals surface area contributed by atoms with Crippen molar-refractivity contribution in [2.75, 3.05) is 12.3 Å². The second-order valence-electron chi connectivity index (χ2n) is 7.45. The Morgan fingerprint density at radius 1 is 1.03 bits per heavy atom. The first-order valence-corrected chi connectivity index (χ1v) is 12.8. The van der Waals surface area contributed by atoms with Crippen molar-refractivity contribution in [3.8, 4) is 0 Å². The van der Waals surface area contributed by atoms with E-state index in [1.54, 1.807) is 41.8 Å². The van der Waals surface area contributed by atoms with Crippen LogP contribution in [-0.4, -0.2) is 35.1 Å². The summed E-state index contributed by atoms with van der Waals surface area (Å²) in [7, 11) is 0. The largest absolute Gasteiger partial charge is 0.354 e. The lowest BCUT2D eigenvalue weighted by Gasteiger charge is -2.29. The van der Waals surface area contributed by atoms with Crippen molar-refractivity contribution in [2.24, 2.45) is 0 Å². The average Bonchev–Trinajstić information content (AvgIpc) is 2.77. The van der Waals surface area contributed by atoms with Gasteiger partial charge in [-0.2, -0.15) is 0 Å². The number of amides is 2. The maximum absolute atomic E-state index is 13.1. The van der Waals surface area contributed by atoms with E-state index in [4.69, 9.17) is 34.8 Å². The van der Waals surface area contributed by atoms with Crippen molar-refractivity contribution in [2.45, 2.75) is 57.0 Å². The molecule has 0 aromatic heterocycles. The normalized spacial score (nSPS) is 11.8. The van der Waals surface area contributed by atoms with E-state index in [0.717, 1.165) is 23.5 Å². The number of unbranched alkanes of at least 4 members (excludes halogenated alkanes) is 1. The van der Waals surface area contributed by atoms with Gasteiger partial charge in [0.1, 0.15) is 6.04 Å². The summed E-state index contributed by atoms with van der Waals surface area (Å²) in [6.07, 6.45) is 2.89. The van der Waals surface area contributed by atoms with E-state index in [-0.39, 0.29) is 18.4 Å². The molecule has 0 heterocycles. The molecule has 0 saturated heterocycles. The average molecular weight is 516 g/mol. The molecule has 0 aliphatic carbocycles. The summed E-state index contributed by atoms with van der Waals surface area (Å²) in [5.74, 6) is 0.506. The predicted octanol–water partition coefficient (Wildman–Crippen LogP) is 6.85. The van der Waals surface area contributed by atoms with Crippen LogP contribution in [0.2, 0.25) is 15.1 Å². The van der Waals surface area contributed by atoms with Gasteiger partial charge in [0.05, 0.1) is 0 Å². The van der Waals surface area contributed by atoms with Gasteiger partial charge >= 0.3 is 0 Å². The summed E-state index contributed by atoms with van der Waals surface area (Å²) in [6, 6.07) is 12.2. The molecule has 0 saturated carbocycles. The fourth-order valence-electron chi connectivity index (χ4n) is 3.06. The van der Waals surface area contributed by atoms with Crippen molar-refractivity contribution >= 4 is 58.4 Å². The van der Waals surface area contributed by atoms with Crippen LogP contribution in [0.25, 0.3) is 0 Å². The molecule has 1 unspecified atom stereocenters. The molecular weight excluding hydrogens is 487 g/mol. The summed E-state index contributed by atoms with van der Waals surface area (Å²) in [5.41, 5.74) is 0.646. The van der Waals surface area contributed by atoms with E-state index in [1.807, 2.05) is 24.3 Å². The van der Waals surface area contributed by atoms with Crippen LogP contribution in [0.5, 0.6) is 0 Å². The summed E-state index contributed by atoms with van der Waals surface area (Å²) in [6.45, 7) is 4.58. The molecule has 0 fully saturated rings. The number of nitrogens with one attached hydrogen (secondary N) is 1. The van der Waals surface area contributed by atoms with Gasteiger partial charge in [0.15, 0.2) is 0 Å². The number of nitrogens with zero attached hydrogens (tertiary/aromatic N) is 1. The topological polar surface area (TPSA) is 49.4 Å². The molecule has 1 N–H and O–H groups in total. The van der Waals surface area contributed by atoms with Gasteiger partial charge in [-0.1, -0.05) is 54.2 Å². The first kappa shape index (κ1) is 26.8. The van der Waals surface area contributed by atoms with Gasteiger partial charge < -0.3 is 10.2 Å². The minimum Gasteiger partial charge on any atom is -0.354 e. The van der Waals surface area contributed by atoms with E-state index in [1.165, 1.54) is 0 Å². The second kappa shape index (κ2) is 14.0. The van der Waals surface area contributed by atoms with Crippen molar-refractivity contribution in [3.63, 3.8) is 0 Å². The summed E-state index contributed by atoms with van der Waals surface area (Å²) in [4.78, 5) is 28.5. The van der Waals surface area contributed by atoms with Crippen LogP contribution in [0.3, 0.4) is 0 Å². The van der Waals surface area contributed by atoms with Gasteiger partial charge in [0, 0.05) is 45.0 Å². The van der Waals surface area contributed by atoms with E-state index in [2.05, 4.69) is 12.2 Å². The van der Waals surface area contributed by atoms with Crippen LogP contribution in [0.15, 0.2) is 47.4 Å². The Bertz CT molecular complexity index is 873. The van der Waals surface area contributed by atoms with Crippen LogP contribution in [0, 0.1) is 0 Å². The lowest BCUT2D eigenvalue weighted by Crippen LogP contribution is -2.47. The Hall–Kier alpha value is -1.40. The van der Waals surface area contributed by atoms with Crippen LogP contribution < -0.4 is 5.32 Å². The number of rotatable bonds is 12. The minimum absolute atomic E-state index is 0.101. The molecule has 1 atom stereocenters. The Labute approximate surface area is 210 Å². The van der Waals surface area contributed by atoms with Gasteiger partial charge in [0.25, 0.3) is 0 Å². The number of carbonyl (C=O) groups is 2. The van der Waals surface area contributed by atoms with Crippen LogP contribution in [-0.2, 0) is 16.1 Å². The third-order valence-electron chi connectivity index (χ3n) is 5.00. The predicted molar refractivity (Wildman–Crippen MR) is 136 cm³/mol. The molecule has 2 aromatic carbocycles. The van der Waals surface area contributed by atoms with Gasteiger partial charge in [-0.05, 0) is 61.9 Å². The molecule has 8 heteroatoms. The molecule has 2 aromatic rings. The first-order valence-electron chi connectivity index (χ1n) is 10.7. The summed E-state index contributed by atoms with van der Waals surface area (Å²) >= 11 is 20.3. The number of thioether (sulfide) groups is 1. The van der Waals surface area contributed by atoms with Crippen LogP contribution >= 0.6 is 46.6 Å². The summed E-state index contributed by atoms with van der Waals surface area (Å²) in [5, 5.41) is 4.57. The molecule has 0 radical (unpaired) electrons. The minimum atomic E-state index is -0.629. The highest BCUT2D eigenvalue weighted by molar-refractivity contribution is 7.99. The molecule has 4 nitrogen and oxygen atoms in total. The lowest BCUT2D eigenvalue weighted by atomic mass is 10.1. The zero-order valence-corrected chi connectivity index (χ0v) is 21.5. The van der Waals surface area contributed by atoms with Gasteiger partial charge in [-0.3, -0.25) is 9.59 Å². The fourth-order valence-corrected chi connectivity index (χ4v) is 4.56. The fraction of sp³-hybridized carbons (Fsp3) is 0.417. The molecule has 0 spiro atoms. The van der Waals surface area contributed by atoms with Gasteiger partial charge in [0.2, 0.25) is 11.8 Å². The zero-order chi connectivity index (χ0) is 23.5. The smallest absolute Gasteiger partial charge is 0.242 e. The Balaban J connectivity index is 2.03. The Kier molecular flexibility index (Phi) is 11.7. The maximum atomic E-state index is 13.1. The van der Waals surface area contributed by atoms with E-state index in [9.17, 15) is 9.59 Å². The summed E-state index contributed by atoms with van der Waals surface area (Å²) < 4.78 is 0. The highest BCUT2D eigenvalue weighted by atomic mass is 35.5. The molecule has 0 bridgehead atoms. The van der Waals surface area contributed by atoms with E-state index < -0.39 is 6.04 Å². The third-order valence-corrected chi connectivity index (χ3v) is 7.06. The zero-order valence-electron chi connectivity index (χ0n) is 18.4. The molecule has 2 amide bonds. The number of carbonyl (C=O) groups excluding carboxylic acids is 2. The quantitative estimate of drug-likeness (QED) is 0.248. The van der Waals surface area contributed by atoms with Crippen LogP contribution in [0.4, 0.5) is 0 Å².